The molecular formula is C13H10BrClO4S. The van der Waals surface area contributed by atoms with Gasteiger partial charge in [-0.3, -0.25) is 0 Å². The third kappa shape index (κ3) is 3.26. The van der Waals surface area contributed by atoms with E-state index in [-0.39, 0.29) is 21.4 Å². The van der Waals surface area contributed by atoms with Gasteiger partial charge in [-0.1, -0.05) is 23.7 Å². The van der Waals surface area contributed by atoms with Crippen molar-refractivity contribution in [2.24, 2.45) is 0 Å². The molecule has 4 nitrogen and oxygen atoms in total. The van der Waals surface area contributed by atoms with Crippen LogP contribution < -0.4 is 8.92 Å². The van der Waals surface area contributed by atoms with Crippen molar-refractivity contribution in [1.82, 2.24) is 0 Å². The summed E-state index contributed by atoms with van der Waals surface area (Å²) in [5.74, 6) is 0.357. The molecule has 0 amide bonds. The number of para-hydroxylation sites is 1. The van der Waals surface area contributed by atoms with E-state index in [1.54, 1.807) is 24.3 Å². The molecule has 0 bridgehead atoms. The molecule has 106 valence electrons. The molecule has 0 radical (unpaired) electrons. The lowest BCUT2D eigenvalue weighted by Crippen LogP contribution is -2.11. The third-order valence-electron chi connectivity index (χ3n) is 2.43. The van der Waals surface area contributed by atoms with E-state index < -0.39 is 10.1 Å². The van der Waals surface area contributed by atoms with Crippen LogP contribution in [-0.4, -0.2) is 15.5 Å². The van der Waals surface area contributed by atoms with Crippen LogP contribution in [0.1, 0.15) is 0 Å². The highest BCUT2D eigenvalue weighted by Gasteiger charge is 2.23. The highest BCUT2D eigenvalue weighted by molar-refractivity contribution is 9.10. The maximum absolute atomic E-state index is 12.3. The molecule has 0 saturated carbocycles. The largest absolute Gasteiger partial charge is 0.495 e. The molecule has 0 atom stereocenters. The van der Waals surface area contributed by atoms with Gasteiger partial charge in [-0.25, -0.2) is 0 Å². The van der Waals surface area contributed by atoms with E-state index in [1.165, 1.54) is 25.3 Å². The van der Waals surface area contributed by atoms with E-state index in [2.05, 4.69) is 15.9 Å². The van der Waals surface area contributed by atoms with Crippen molar-refractivity contribution in [3.8, 4) is 11.5 Å². The van der Waals surface area contributed by atoms with Gasteiger partial charge >= 0.3 is 10.1 Å². The molecular weight excluding hydrogens is 368 g/mol. The molecule has 0 saturated heterocycles. The summed E-state index contributed by atoms with van der Waals surface area (Å²) >= 11 is 9.05. The van der Waals surface area contributed by atoms with Gasteiger partial charge < -0.3 is 8.92 Å². The van der Waals surface area contributed by atoms with Crippen LogP contribution in [-0.2, 0) is 10.1 Å². The lowest BCUT2D eigenvalue weighted by atomic mass is 10.3. The average Bonchev–Trinajstić information content (AvgIpc) is 2.41. The number of halogens is 2. The highest BCUT2D eigenvalue weighted by atomic mass is 79.9. The summed E-state index contributed by atoms with van der Waals surface area (Å²) in [5.41, 5.74) is 0. The van der Waals surface area contributed by atoms with Crippen LogP contribution >= 0.6 is 27.5 Å². The summed E-state index contributed by atoms with van der Waals surface area (Å²) in [6, 6.07) is 10.9. The molecule has 2 aromatic rings. The first-order chi connectivity index (χ1) is 9.44. The van der Waals surface area contributed by atoms with E-state index in [0.29, 0.717) is 4.47 Å². The standard InChI is InChI=1S/C13H10BrClO4S/c1-18-12-7-6-9(15)8-13(12)20(16,17)19-11-5-3-2-4-10(11)14/h2-8H,1H3. The lowest BCUT2D eigenvalue weighted by Gasteiger charge is -2.11. The van der Waals surface area contributed by atoms with Crippen molar-refractivity contribution in [1.29, 1.82) is 0 Å². The second-order valence-electron chi connectivity index (χ2n) is 3.76. The van der Waals surface area contributed by atoms with Crippen molar-refractivity contribution in [2.45, 2.75) is 4.90 Å². The van der Waals surface area contributed by atoms with Gasteiger partial charge in [0.05, 0.1) is 11.6 Å². The Morgan fingerprint density at radius 3 is 2.45 bits per heavy atom. The molecule has 0 aliphatic heterocycles. The van der Waals surface area contributed by atoms with Gasteiger partial charge in [0.1, 0.15) is 10.6 Å². The third-order valence-corrected chi connectivity index (χ3v) is 4.58. The molecule has 0 heterocycles. The van der Waals surface area contributed by atoms with Crippen molar-refractivity contribution in [3.63, 3.8) is 0 Å². The molecule has 0 aromatic heterocycles. The van der Waals surface area contributed by atoms with E-state index >= 15 is 0 Å². The number of benzene rings is 2. The van der Waals surface area contributed by atoms with Crippen molar-refractivity contribution in [2.75, 3.05) is 7.11 Å². The second-order valence-corrected chi connectivity index (χ2v) is 6.57. The monoisotopic (exact) mass is 376 g/mol. The summed E-state index contributed by atoms with van der Waals surface area (Å²) in [4.78, 5) is -0.122. The van der Waals surface area contributed by atoms with Gasteiger partial charge in [0.25, 0.3) is 0 Å². The Morgan fingerprint density at radius 1 is 1.10 bits per heavy atom. The Bertz CT molecular complexity index is 731. The van der Waals surface area contributed by atoms with Gasteiger partial charge in [0.2, 0.25) is 0 Å². The smallest absolute Gasteiger partial charge is 0.343 e. The van der Waals surface area contributed by atoms with Gasteiger partial charge in [-0.05, 0) is 46.3 Å². The fourth-order valence-electron chi connectivity index (χ4n) is 1.52. The zero-order chi connectivity index (χ0) is 14.8. The van der Waals surface area contributed by atoms with Crippen LogP contribution in [0.4, 0.5) is 0 Å². The Hall–Kier alpha value is -1.24. The summed E-state index contributed by atoms with van der Waals surface area (Å²) in [7, 11) is -2.66. The van der Waals surface area contributed by atoms with Gasteiger partial charge in [0, 0.05) is 5.02 Å². The predicted octanol–water partition coefficient (Wildman–Crippen LogP) is 3.88. The van der Waals surface area contributed by atoms with Crippen LogP contribution in [0.5, 0.6) is 11.5 Å². The maximum Gasteiger partial charge on any atom is 0.343 e. The first-order valence-electron chi connectivity index (χ1n) is 5.46. The molecule has 0 fully saturated rings. The summed E-state index contributed by atoms with van der Waals surface area (Å²) in [6.45, 7) is 0. The highest BCUT2D eigenvalue weighted by Crippen LogP contribution is 2.32. The van der Waals surface area contributed by atoms with E-state index in [4.69, 9.17) is 20.5 Å². The fourth-order valence-corrected chi connectivity index (χ4v) is 3.37. The van der Waals surface area contributed by atoms with Crippen molar-refractivity contribution in [3.05, 3.63) is 52.0 Å². The predicted molar refractivity (Wildman–Crippen MR) is 80.0 cm³/mol. The molecule has 0 aliphatic rings. The van der Waals surface area contributed by atoms with Crippen molar-refractivity contribution >= 4 is 37.6 Å². The average molecular weight is 378 g/mol. The van der Waals surface area contributed by atoms with Gasteiger partial charge in [-0.2, -0.15) is 8.42 Å². The quantitative estimate of drug-likeness (QED) is 0.759. The molecule has 0 aliphatic carbocycles. The number of hydrogen-bond acceptors (Lipinski definition) is 4. The topological polar surface area (TPSA) is 52.6 Å². The molecule has 0 N–H and O–H groups in total. The van der Waals surface area contributed by atoms with Crippen LogP contribution in [0.2, 0.25) is 5.02 Å². The zero-order valence-electron chi connectivity index (χ0n) is 10.3. The minimum absolute atomic E-state index is 0.122. The second kappa shape index (κ2) is 6.03. The maximum atomic E-state index is 12.3. The summed E-state index contributed by atoms with van der Waals surface area (Å²) < 4.78 is 35.3. The van der Waals surface area contributed by atoms with Crippen molar-refractivity contribution < 1.29 is 17.3 Å². The number of hydrogen-bond donors (Lipinski definition) is 0. The van der Waals surface area contributed by atoms with Crippen LogP contribution in [0.3, 0.4) is 0 Å². The molecule has 2 aromatic carbocycles. The van der Waals surface area contributed by atoms with Crippen LogP contribution in [0.15, 0.2) is 51.8 Å². The summed E-state index contributed by atoms with van der Waals surface area (Å²) in [5, 5.41) is 0.278. The first-order valence-corrected chi connectivity index (χ1v) is 8.04. The van der Waals surface area contributed by atoms with E-state index in [9.17, 15) is 8.42 Å². The number of ether oxygens (including phenoxy) is 1. The normalized spacial score (nSPS) is 11.2. The minimum Gasteiger partial charge on any atom is -0.495 e. The van der Waals surface area contributed by atoms with Gasteiger partial charge in [-0.15, -0.1) is 0 Å². The number of methoxy groups -OCH3 is 1. The lowest BCUT2D eigenvalue weighted by molar-refractivity contribution is 0.398. The Morgan fingerprint density at radius 2 is 1.80 bits per heavy atom. The molecule has 0 unspecified atom stereocenters. The minimum atomic E-state index is -4.04. The molecule has 2 rings (SSSR count). The van der Waals surface area contributed by atoms with Crippen LogP contribution in [0, 0.1) is 0 Å². The summed E-state index contributed by atoms with van der Waals surface area (Å²) in [6.07, 6.45) is 0. The fraction of sp³-hybridized carbons (Fsp3) is 0.0769. The van der Waals surface area contributed by atoms with Gasteiger partial charge in [0.15, 0.2) is 5.75 Å². The Kier molecular flexibility index (Phi) is 4.57. The zero-order valence-corrected chi connectivity index (χ0v) is 13.5. The number of rotatable bonds is 4. The van der Waals surface area contributed by atoms with E-state index in [0.717, 1.165) is 0 Å². The van der Waals surface area contributed by atoms with E-state index in [1.807, 2.05) is 0 Å². The molecule has 7 heteroatoms. The molecule has 20 heavy (non-hydrogen) atoms. The Balaban J connectivity index is 2.46. The Labute approximate surface area is 130 Å². The molecule has 0 spiro atoms. The van der Waals surface area contributed by atoms with Crippen LogP contribution in [0.25, 0.3) is 0 Å². The first kappa shape index (κ1) is 15.2. The SMILES string of the molecule is COc1ccc(Cl)cc1S(=O)(=O)Oc1ccccc1Br.